The normalized spacial score (nSPS) is 11.4. The molecule has 2 aromatic rings. The van der Waals surface area contributed by atoms with Crippen molar-refractivity contribution >= 4 is 36.5 Å². The predicted molar refractivity (Wildman–Crippen MR) is 68.3 cm³/mol. The zero-order valence-corrected chi connectivity index (χ0v) is 9.80. The number of aromatic hydroxyl groups is 1. The molecule has 15 heavy (non-hydrogen) atoms. The maximum Gasteiger partial charge on any atom is 0.125 e. The Morgan fingerprint density at radius 2 is 2.13 bits per heavy atom. The van der Waals surface area contributed by atoms with Gasteiger partial charge in [-0.15, -0.1) is 0 Å². The van der Waals surface area contributed by atoms with Crippen LogP contribution in [0.3, 0.4) is 0 Å². The summed E-state index contributed by atoms with van der Waals surface area (Å²) in [6, 6.07) is 5.46. The lowest BCUT2D eigenvalue weighted by Crippen LogP contribution is -2.03. The van der Waals surface area contributed by atoms with Gasteiger partial charge in [-0.25, -0.2) is 0 Å². The van der Waals surface area contributed by atoms with E-state index in [-0.39, 0.29) is 0 Å². The number of H-pyrrole nitrogens is 1. The minimum Gasteiger partial charge on any atom is -0.507 e. The first-order valence-electron chi connectivity index (χ1n) is 4.61. The Bertz CT molecular complexity index is 467. The van der Waals surface area contributed by atoms with Crippen LogP contribution in [0.15, 0.2) is 24.4 Å². The highest BCUT2D eigenvalue weighted by Crippen LogP contribution is 2.27. The summed E-state index contributed by atoms with van der Waals surface area (Å²) in [6.45, 7) is 0.716. The largest absolute Gasteiger partial charge is 0.507 e. The van der Waals surface area contributed by atoms with Gasteiger partial charge in [-0.05, 0) is 24.1 Å². The van der Waals surface area contributed by atoms with Crippen LogP contribution in [0.5, 0.6) is 5.75 Å². The molecule has 0 saturated heterocycles. The van der Waals surface area contributed by atoms with Crippen molar-refractivity contribution < 1.29 is 5.11 Å². The van der Waals surface area contributed by atoms with E-state index in [1.165, 1.54) is 3.71 Å². The number of benzene rings is 1. The molecule has 0 aliphatic carbocycles. The van der Waals surface area contributed by atoms with Gasteiger partial charge in [-0.1, -0.05) is 31.7 Å². The van der Waals surface area contributed by atoms with Crippen molar-refractivity contribution in [1.29, 1.82) is 0 Å². The SMILES string of the molecule is Oc1cccc2[nH]cc(CCN(S)S)c12. The molecule has 0 aliphatic rings. The van der Waals surface area contributed by atoms with Gasteiger partial charge in [-0.2, -0.15) is 3.71 Å². The molecule has 2 N–H and O–H groups in total. The van der Waals surface area contributed by atoms with E-state index in [0.717, 1.165) is 22.9 Å². The molecular weight excluding hydrogens is 228 g/mol. The van der Waals surface area contributed by atoms with Crippen LogP contribution >= 0.6 is 25.6 Å². The lowest BCUT2D eigenvalue weighted by atomic mass is 10.1. The van der Waals surface area contributed by atoms with E-state index >= 15 is 0 Å². The number of phenols is 1. The predicted octanol–water partition coefficient (Wildman–Crippen LogP) is 2.41. The molecule has 2 rings (SSSR count). The highest BCUT2D eigenvalue weighted by atomic mass is 32.2. The molecule has 80 valence electrons. The van der Waals surface area contributed by atoms with E-state index < -0.39 is 0 Å². The van der Waals surface area contributed by atoms with E-state index in [1.54, 1.807) is 6.07 Å². The highest BCUT2D eigenvalue weighted by molar-refractivity contribution is 7.93. The minimum atomic E-state index is 0.314. The molecule has 1 aromatic heterocycles. The molecule has 1 aromatic carbocycles. The van der Waals surface area contributed by atoms with Crippen LogP contribution in [-0.4, -0.2) is 20.3 Å². The fraction of sp³-hybridized carbons (Fsp3) is 0.200. The summed E-state index contributed by atoms with van der Waals surface area (Å²) in [6.07, 6.45) is 2.71. The van der Waals surface area contributed by atoms with E-state index in [1.807, 2.05) is 18.3 Å². The number of thiol groups is 2. The van der Waals surface area contributed by atoms with Gasteiger partial charge in [0.1, 0.15) is 5.75 Å². The molecule has 3 nitrogen and oxygen atoms in total. The number of phenolic OH excluding ortho intramolecular Hbond substituents is 1. The van der Waals surface area contributed by atoms with Crippen LogP contribution in [0.2, 0.25) is 0 Å². The van der Waals surface area contributed by atoms with Crippen molar-refractivity contribution in [2.75, 3.05) is 6.54 Å². The Kier molecular flexibility index (Phi) is 3.14. The Balaban J connectivity index is 2.35. The molecule has 0 bridgehead atoms. The van der Waals surface area contributed by atoms with Crippen LogP contribution in [0, 0.1) is 0 Å². The first-order valence-corrected chi connectivity index (χ1v) is 5.41. The fourth-order valence-electron chi connectivity index (χ4n) is 1.65. The van der Waals surface area contributed by atoms with Crippen LogP contribution in [-0.2, 0) is 6.42 Å². The second-order valence-electron chi connectivity index (χ2n) is 3.36. The third kappa shape index (κ3) is 2.25. The van der Waals surface area contributed by atoms with Crippen molar-refractivity contribution in [1.82, 2.24) is 8.69 Å². The number of hydrogen-bond acceptors (Lipinski definition) is 4. The zero-order valence-electron chi connectivity index (χ0n) is 8.01. The third-order valence-corrected chi connectivity index (χ3v) is 2.75. The molecule has 0 amide bonds. The Hall–Kier alpha value is -0.780. The second-order valence-corrected chi connectivity index (χ2v) is 4.64. The number of rotatable bonds is 3. The number of hydrogen-bond donors (Lipinski definition) is 4. The maximum absolute atomic E-state index is 9.73. The van der Waals surface area contributed by atoms with E-state index in [4.69, 9.17) is 0 Å². The summed E-state index contributed by atoms with van der Waals surface area (Å²) in [7, 11) is 0. The molecule has 0 unspecified atom stereocenters. The smallest absolute Gasteiger partial charge is 0.125 e. The lowest BCUT2D eigenvalue weighted by molar-refractivity contribution is 0.481. The number of aromatic nitrogens is 1. The van der Waals surface area contributed by atoms with Gasteiger partial charge in [0, 0.05) is 23.6 Å². The summed E-state index contributed by atoms with van der Waals surface area (Å²) in [5, 5.41) is 10.6. The van der Waals surface area contributed by atoms with Crippen LogP contribution < -0.4 is 0 Å². The fourth-order valence-corrected chi connectivity index (χ4v) is 1.85. The van der Waals surface area contributed by atoms with Crippen molar-refractivity contribution in [2.24, 2.45) is 0 Å². The first kappa shape index (κ1) is 10.7. The Morgan fingerprint density at radius 3 is 2.87 bits per heavy atom. The second kappa shape index (κ2) is 4.38. The number of aromatic amines is 1. The highest BCUT2D eigenvalue weighted by Gasteiger charge is 2.07. The van der Waals surface area contributed by atoms with Crippen molar-refractivity contribution in [3.8, 4) is 5.75 Å². The van der Waals surface area contributed by atoms with Gasteiger partial charge < -0.3 is 10.1 Å². The van der Waals surface area contributed by atoms with Gasteiger partial charge in [0.15, 0.2) is 0 Å². The molecule has 1 heterocycles. The van der Waals surface area contributed by atoms with E-state index in [0.29, 0.717) is 12.3 Å². The average Bonchev–Trinajstić information content (AvgIpc) is 2.59. The summed E-state index contributed by atoms with van der Waals surface area (Å²) in [5.41, 5.74) is 2.03. The van der Waals surface area contributed by atoms with Gasteiger partial charge >= 0.3 is 0 Å². The summed E-state index contributed by atoms with van der Waals surface area (Å²) < 4.78 is 1.53. The lowest BCUT2D eigenvalue weighted by Gasteiger charge is -2.05. The van der Waals surface area contributed by atoms with Crippen LogP contribution in [0.25, 0.3) is 10.9 Å². The average molecular weight is 240 g/mol. The Morgan fingerprint density at radius 1 is 1.33 bits per heavy atom. The van der Waals surface area contributed by atoms with Gasteiger partial charge in [0.25, 0.3) is 0 Å². The van der Waals surface area contributed by atoms with Crippen molar-refractivity contribution in [3.63, 3.8) is 0 Å². The van der Waals surface area contributed by atoms with Crippen molar-refractivity contribution in [3.05, 3.63) is 30.0 Å². The standard InChI is InChI=1S/C10H12N2OS2/c13-9-3-1-2-8-10(9)7(6-11-8)4-5-12(14)15/h1-3,6,11,13-15H,4-5H2. The first-order chi connectivity index (χ1) is 7.18. The topological polar surface area (TPSA) is 39.3 Å². The maximum atomic E-state index is 9.73. The molecule has 0 fully saturated rings. The molecule has 0 spiro atoms. The summed E-state index contributed by atoms with van der Waals surface area (Å²) in [4.78, 5) is 3.12. The van der Waals surface area contributed by atoms with E-state index in [9.17, 15) is 5.11 Å². The van der Waals surface area contributed by atoms with Crippen LogP contribution in [0.4, 0.5) is 0 Å². The van der Waals surface area contributed by atoms with Gasteiger partial charge in [0.2, 0.25) is 0 Å². The third-order valence-electron chi connectivity index (χ3n) is 2.35. The molecular formula is C10H12N2OS2. The summed E-state index contributed by atoms with van der Waals surface area (Å²) in [5.74, 6) is 0.314. The van der Waals surface area contributed by atoms with Crippen molar-refractivity contribution in [2.45, 2.75) is 6.42 Å². The van der Waals surface area contributed by atoms with Crippen LogP contribution in [0.1, 0.15) is 5.56 Å². The number of fused-ring (bicyclic) bond motifs is 1. The number of nitrogens with one attached hydrogen (secondary N) is 1. The number of nitrogens with zero attached hydrogens (tertiary/aromatic N) is 1. The van der Waals surface area contributed by atoms with Gasteiger partial charge in [0.05, 0.1) is 0 Å². The summed E-state index contributed by atoms with van der Waals surface area (Å²) >= 11 is 8.11. The quantitative estimate of drug-likeness (QED) is 0.622. The van der Waals surface area contributed by atoms with Gasteiger partial charge in [-0.3, -0.25) is 0 Å². The zero-order chi connectivity index (χ0) is 10.8. The minimum absolute atomic E-state index is 0.314. The monoisotopic (exact) mass is 240 g/mol. The molecule has 5 heteroatoms. The molecule has 0 saturated carbocycles. The van der Waals surface area contributed by atoms with E-state index in [2.05, 4.69) is 30.6 Å². The molecule has 0 radical (unpaired) electrons. The molecule has 0 atom stereocenters. The Labute approximate surface area is 99.2 Å². The molecule has 0 aliphatic heterocycles.